The van der Waals surface area contributed by atoms with Crippen LogP contribution in [0.25, 0.3) is 5.57 Å². The third kappa shape index (κ3) is 2.71. The lowest BCUT2D eigenvalue weighted by atomic mass is 9.76. The van der Waals surface area contributed by atoms with Crippen LogP contribution in [0.15, 0.2) is 37.4 Å². The second-order valence-corrected chi connectivity index (χ2v) is 5.34. The fourth-order valence-corrected chi connectivity index (χ4v) is 3.17. The first-order chi connectivity index (χ1) is 9.36. The van der Waals surface area contributed by atoms with E-state index in [2.05, 4.69) is 29.0 Å². The number of pyridine rings is 1. The molecule has 2 heterocycles. The molecule has 1 aromatic rings. The van der Waals surface area contributed by atoms with Gasteiger partial charge in [0.2, 0.25) is 0 Å². The molecule has 0 aromatic carbocycles. The fraction of sp³-hybridized carbons (Fsp3) is 0.438. The molecular weight excluding hydrogens is 236 g/mol. The first-order valence-corrected chi connectivity index (χ1v) is 7.01. The predicted octanol–water partition coefficient (Wildman–Crippen LogP) is 3.01. The number of aromatic nitrogens is 1. The van der Waals surface area contributed by atoms with Gasteiger partial charge < -0.3 is 10.1 Å². The second kappa shape index (κ2) is 5.57. The topological polar surface area (TPSA) is 34.1 Å². The zero-order valence-corrected chi connectivity index (χ0v) is 11.1. The van der Waals surface area contributed by atoms with Gasteiger partial charge in [0.25, 0.3) is 0 Å². The molecule has 2 atom stereocenters. The van der Waals surface area contributed by atoms with Gasteiger partial charge in [-0.2, -0.15) is 0 Å². The molecule has 3 rings (SSSR count). The summed E-state index contributed by atoms with van der Waals surface area (Å²) in [5, 5.41) is 3.49. The Labute approximate surface area is 114 Å². The maximum Gasteiger partial charge on any atom is 0.145 e. The first-order valence-electron chi connectivity index (χ1n) is 7.01. The standard InChI is InChI=1S/C16H20N2O/c1-2-19-16-8-15(10-18-11-16)13-4-3-12-5-6-17-9-14(12)7-13/h2,7-8,10-12,14,17H,1,3-6,9H2/t12-,14+/m0/s1. The van der Waals surface area contributed by atoms with Gasteiger partial charge in [-0.3, -0.25) is 4.98 Å². The number of nitrogens with one attached hydrogen (secondary N) is 1. The monoisotopic (exact) mass is 256 g/mol. The highest BCUT2D eigenvalue weighted by molar-refractivity contribution is 5.67. The molecule has 1 N–H and O–H groups in total. The summed E-state index contributed by atoms with van der Waals surface area (Å²) in [6.07, 6.45) is 11.3. The van der Waals surface area contributed by atoms with Gasteiger partial charge in [0.15, 0.2) is 0 Å². The largest absolute Gasteiger partial charge is 0.464 e. The molecule has 1 aromatic heterocycles. The molecule has 0 radical (unpaired) electrons. The second-order valence-electron chi connectivity index (χ2n) is 5.34. The third-order valence-corrected chi connectivity index (χ3v) is 4.18. The Hall–Kier alpha value is -1.61. The zero-order valence-electron chi connectivity index (χ0n) is 11.1. The fourth-order valence-electron chi connectivity index (χ4n) is 3.17. The average Bonchev–Trinajstić information content (AvgIpc) is 2.47. The van der Waals surface area contributed by atoms with E-state index < -0.39 is 0 Å². The van der Waals surface area contributed by atoms with Crippen molar-refractivity contribution in [1.82, 2.24) is 10.3 Å². The molecule has 3 nitrogen and oxygen atoms in total. The van der Waals surface area contributed by atoms with Crippen molar-refractivity contribution in [3.05, 3.63) is 42.9 Å². The van der Waals surface area contributed by atoms with E-state index in [-0.39, 0.29) is 0 Å². The number of allylic oxidation sites excluding steroid dienone is 1. The molecule has 2 aliphatic rings. The van der Waals surface area contributed by atoms with Crippen molar-refractivity contribution in [3.63, 3.8) is 0 Å². The minimum Gasteiger partial charge on any atom is -0.464 e. The van der Waals surface area contributed by atoms with Gasteiger partial charge in [0, 0.05) is 12.7 Å². The zero-order chi connectivity index (χ0) is 13.1. The summed E-state index contributed by atoms with van der Waals surface area (Å²) >= 11 is 0. The maximum absolute atomic E-state index is 5.31. The lowest BCUT2D eigenvalue weighted by Gasteiger charge is -2.34. The molecule has 0 amide bonds. The highest BCUT2D eigenvalue weighted by atomic mass is 16.5. The van der Waals surface area contributed by atoms with Gasteiger partial charge in [-0.1, -0.05) is 12.7 Å². The van der Waals surface area contributed by atoms with Gasteiger partial charge in [0.05, 0.1) is 12.5 Å². The maximum atomic E-state index is 5.31. The highest BCUT2D eigenvalue weighted by Crippen LogP contribution is 2.37. The summed E-state index contributed by atoms with van der Waals surface area (Å²) in [5.74, 6) is 2.31. The minimum absolute atomic E-state index is 0.682. The SMILES string of the molecule is C=COc1cncc(C2=C[C@@H]3CNCC[C@@H]3CC2)c1. The van der Waals surface area contributed by atoms with E-state index in [9.17, 15) is 0 Å². The van der Waals surface area contributed by atoms with Crippen molar-refractivity contribution in [2.45, 2.75) is 19.3 Å². The third-order valence-electron chi connectivity index (χ3n) is 4.18. The van der Waals surface area contributed by atoms with E-state index in [1.165, 1.54) is 36.8 Å². The summed E-state index contributed by atoms with van der Waals surface area (Å²) in [6.45, 7) is 5.87. The molecule has 1 aliphatic carbocycles. The normalized spacial score (nSPS) is 26.2. The molecule has 3 heteroatoms. The molecule has 1 aliphatic heterocycles. The molecule has 19 heavy (non-hydrogen) atoms. The molecule has 1 saturated heterocycles. The summed E-state index contributed by atoms with van der Waals surface area (Å²) in [6, 6.07) is 2.05. The Balaban J connectivity index is 1.83. The van der Waals surface area contributed by atoms with Crippen LogP contribution >= 0.6 is 0 Å². The molecule has 0 bridgehead atoms. The number of ether oxygens (including phenoxy) is 1. The van der Waals surface area contributed by atoms with Gasteiger partial charge >= 0.3 is 0 Å². The van der Waals surface area contributed by atoms with Crippen LogP contribution in [0.4, 0.5) is 0 Å². The quantitative estimate of drug-likeness (QED) is 0.844. The predicted molar refractivity (Wildman–Crippen MR) is 76.7 cm³/mol. The van der Waals surface area contributed by atoms with E-state index in [1.54, 1.807) is 6.20 Å². The number of hydrogen-bond acceptors (Lipinski definition) is 3. The van der Waals surface area contributed by atoms with Crippen molar-refractivity contribution < 1.29 is 4.74 Å². The van der Waals surface area contributed by atoms with Crippen LogP contribution in [0.2, 0.25) is 0 Å². The summed E-state index contributed by atoms with van der Waals surface area (Å²) in [4.78, 5) is 4.25. The number of rotatable bonds is 3. The van der Waals surface area contributed by atoms with Crippen molar-refractivity contribution in [3.8, 4) is 5.75 Å². The van der Waals surface area contributed by atoms with Crippen molar-refractivity contribution >= 4 is 5.57 Å². The van der Waals surface area contributed by atoms with Crippen LogP contribution < -0.4 is 10.1 Å². The van der Waals surface area contributed by atoms with E-state index in [1.807, 2.05) is 6.20 Å². The number of fused-ring (bicyclic) bond motifs is 1. The number of nitrogens with zero attached hydrogens (tertiary/aromatic N) is 1. The summed E-state index contributed by atoms with van der Waals surface area (Å²) in [5.41, 5.74) is 2.59. The summed E-state index contributed by atoms with van der Waals surface area (Å²) < 4.78 is 5.31. The van der Waals surface area contributed by atoms with Crippen LogP contribution in [0.1, 0.15) is 24.8 Å². The number of hydrogen-bond donors (Lipinski definition) is 1. The lowest BCUT2D eigenvalue weighted by molar-refractivity contribution is 0.279. The molecule has 0 saturated carbocycles. The van der Waals surface area contributed by atoms with Crippen LogP contribution in [0.5, 0.6) is 5.75 Å². The Kier molecular flexibility index (Phi) is 3.65. The molecule has 1 fully saturated rings. The van der Waals surface area contributed by atoms with Crippen LogP contribution in [-0.4, -0.2) is 18.1 Å². The first kappa shape index (κ1) is 12.4. The van der Waals surface area contributed by atoms with Crippen LogP contribution in [0, 0.1) is 11.8 Å². The van der Waals surface area contributed by atoms with Crippen molar-refractivity contribution in [2.75, 3.05) is 13.1 Å². The molecule has 0 unspecified atom stereocenters. The molecule has 0 spiro atoms. The number of piperidine rings is 1. The Morgan fingerprint density at radius 1 is 1.37 bits per heavy atom. The van der Waals surface area contributed by atoms with Crippen LogP contribution in [-0.2, 0) is 0 Å². The van der Waals surface area contributed by atoms with Gasteiger partial charge in [-0.25, -0.2) is 0 Å². The Bertz CT molecular complexity index is 495. The van der Waals surface area contributed by atoms with E-state index in [0.29, 0.717) is 5.92 Å². The minimum atomic E-state index is 0.682. The Morgan fingerprint density at radius 2 is 2.32 bits per heavy atom. The smallest absolute Gasteiger partial charge is 0.145 e. The average molecular weight is 256 g/mol. The van der Waals surface area contributed by atoms with E-state index in [4.69, 9.17) is 4.74 Å². The van der Waals surface area contributed by atoms with Gasteiger partial charge in [-0.15, -0.1) is 0 Å². The highest BCUT2D eigenvalue weighted by Gasteiger charge is 2.27. The van der Waals surface area contributed by atoms with Crippen molar-refractivity contribution in [2.24, 2.45) is 11.8 Å². The van der Waals surface area contributed by atoms with Crippen LogP contribution in [0.3, 0.4) is 0 Å². The lowest BCUT2D eigenvalue weighted by Crippen LogP contribution is -2.37. The Morgan fingerprint density at radius 3 is 3.21 bits per heavy atom. The van der Waals surface area contributed by atoms with Gasteiger partial charge in [0.1, 0.15) is 5.75 Å². The summed E-state index contributed by atoms with van der Waals surface area (Å²) in [7, 11) is 0. The van der Waals surface area contributed by atoms with Gasteiger partial charge in [-0.05, 0) is 54.8 Å². The van der Waals surface area contributed by atoms with E-state index in [0.717, 1.165) is 24.6 Å². The molecular formula is C16H20N2O. The van der Waals surface area contributed by atoms with Crippen molar-refractivity contribution in [1.29, 1.82) is 0 Å². The molecule has 100 valence electrons. The van der Waals surface area contributed by atoms with E-state index >= 15 is 0 Å².